The van der Waals surface area contributed by atoms with E-state index >= 15 is 0 Å². The highest BCUT2D eigenvalue weighted by atomic mass is 35.5. The Labute approximate surface area is 134 Å². The van der Waals surface area contributed by atoms with Crippen LogP contribution in [-0.2, 0) is 6.54 Å². The van der Waals surface area contributed by atoms with Gasteiger partial charge in [-0.25, -0.2) is 9.97 Å². The summed E-state index contributed by atoms with van der Waals surface area (Å²) >= 11 is 12.3. The van der Waals surface area contributed by atoms with Crippen LogP contribution < -0.4 is 10.6 Å². The number of nitrogens with one attached hydrogen (secondary N) is 2. The second kappa shape index (κ2) is 7.00. The van der Waals surface area contributed by atoms with Crippen LogP contribution in [-0.4, -0.2) is 16.5 Å². The summed E-state index contributed by atoms with van der Waals surface area (Å²) in [5.41, 5.74) is 0.882. The van der Waals surface area contributed by atoms with Crippen molar-refractivity contribution < 1.29 is 4.42 Å². The summed E-state index contributed by atoms with van der Waals surface area (Å²) in [6.07, 6.45) is 0.984. The number of anilines is 2. The predicted octanol–water partition coefficient (Wildman–Crippen LogP) is 4.43. The van der Waals surface area contributed by atoms with Gasteiger partial charge in [0.05, 0.1) is 22.3 Å². The van der Waals surface area contributed by atoms with Crippen molar-refractivity contribution in [1.29, 1.82) is 0 Å². The summed E-state index contributed by atoms with van der Waals surface area (Å²) in [6, 6.07) is 1.67. The van der Waals surface area contributed by atoms with E-state index in [-0.39, 0.29) is 0 Å². The molecule has 0 bridgehead atoms. The average molecular weight is 329 g/mol. The fourth-order valence-electron chi connectivity index (χ4n) is 1.73. The van der Waals surface area contributed by atoms with Gasteiger partial charge in [0.15, 0.2) is 0 Å². The van der Waals surface area contributed by atoms with Crippen molar-refractivity contribution in [3.8, 4) is 0 Å². The molecule has 0 aromatic carbocycles. The normalized spacial score (nSPS) is 10.7. The number of halogens is 2. The minimum absolute atomic E-state index is 0.413. The molecule has 21 heavy (non-hydrogen) atoms. The molecule has 0 aliphatic rings. The molecule has 5 nitrogen and oxygen atoms in total. The molecule has 114 valence electrons. The zero-order valence-electron chi connectivity index (χ0n) is 12.3. The van der Waals surface area contributed by atoms with Crippen molar-refractivity contribution in [3.63, 3.8) is 0 Å². The molecule has 2 aromatic heterocycles. The molecule has 0 unspecified atom stereocenters. The largest absolute Gasteiger partial charge is 0.444 e. The van der Waals surface area contributed by atoms with E-state index < -0.39 is 0 Å². The molecule has 0 spiro atoms. The second-order valence-corrected chi connectivity index (χ2v) is 5.49. The molecule has 2 aromatic rings. The van der Waals surface area contributed by atoms with E-state index in [0.717, 1.165) is 24.4 Å². The Morgan fingerprint density at radius 3 is 2.33 bits per heavy atom. The van der Waals surface area contributed by atoms with E-state index in [1.807, 2.05) is 13.8 Å². The molecular formula is C14H18Cl2N4O. The fourth-order valence-corrected chi connectivity index (χ4v) is 2.22. The molecular weight excluding hydrogens is 311 g/mol. The van der Waals surface area contributed by atoms with E-state index in [1.165, 1.54) is 0 Å². The van der Waals surface area contributed by atoms with Crippen LogP contribution in [0, 0.1) is 13.8 Å². The molecule has 2 rings (SSSR count). The number of nitrogens with zero attached hydrogens (tertiary/aromatic N) is 2. The zero-order valence-corrected chi connectivity index (χ0v) is 13.8. The van der Waals surface area contributed by atoms with Gasteiger partial charge < -0.3 is 15.1 Å². The fraction of sp³-hybridized carbons (Fsp3) is 0.429. The molecule has 0 aliphatic carbocycles. The molecule has 0 radical (unpaired) electrons. The van der Waals surface area contributed by atoms with Gasteiger partial charge >= 0.3 is 0 Å². The molecule has 2 N–H and O–H groups in total. The van der Waals surface area contributed by atoms with Crippen LogP contribution >= 0.6 is 23.2 Å². The number of aromatic nitrogens is 2. The molecule has 0 saturated carbocycles. The van der Waals surface area contributed by atoms with Gasteiger partial charge in [0.25, 0.3) is 0 Å². The summed E-state index contributed by atoms with van der Waals surface area (Å²) in [4.78, 5) is 8.70. The number of hydrogen-bond donors (Lipinski definition) is 2. The highest BCUT2D eigenvalue weighted by Gasteiger charge is 2.11. The second-order valence-electron chi connectivity index (χ2n) is 4.68. The third-order valence-corrected chi connectivity index (χ3v) is 3.53. The third kappa shape index (κ3) is 4.02. The number of aryl methyl sites for hydroxylation is 2. The third-order valence-electron chi connectivity index (χ3n) is 2.95. The minimum atomic E-state index is 0.413. The van der Waals surface area contributed by atoms with Gasteiger partial charge in [0.2, 0.25) is 5.89 Å². The number of oxazole rings is 1. The maximum Gasteiger partial charge on any atom is 0.213 e. The van der Waals surface area contributed by atoms with Crippen LogP contribution in [0.1, 0.15) is 30.7 Å². The number of rotatable bonds is 6. The van der Waals surface area contributed by atoms with Crippen molar-refractivity contribution in [1.82, 2.24) is 9.97 Å². The Morgan fingerprint density at radius 2 is 1.76 bits per heavy atom. The highest BCUT2D eigenvalue weighted by Crippen LogP contribution is 2.29. The van der Waals surface area contributed by atoms with E-state index in [0.29, 0.717) is 34.1 Å². The minimum Gasteiger partial charge on any atom is -0.444 e. The van der Waals surface area contributed by atoms with Gasteiger partial charge in [-0.3, -0.25) is 0 Å². The SMILES string of the molecule is CCCNc1nc(NCc2nc(C)c(C)o2)c(Cl)cc1Cl. The van der Waals surface area contributed by atoms with Crippen LogP contribution in [0.4, 0.5) is 11.6 Å². The van der Waals surface area contributed by atoms with Crippen LogP contribution in [0.2, 0.25) is 10.0 Å². The molecule has 0 aliphatic heterocycles. The standard InChI is InChI=1S/C14H18Cl2N4O/c1-4-5-17-13-10(15)6-11(16)14(20-13)18-7-12-19-8(2)9(3)21-12/h6H,4-5,7H2,1-3H3,(H2,17,18,20). The summed E-state index contributed by atoms with van der Waals surface area (Å²) in [5.74, 6) is 2.58. The first-order valence-electron chi connectivity index (χ1n) is 6.78. The van der Waals surface area contributed by atoms with Gasteiger partial charge in [0.1, 0.15) is 17.4 Å². The van der Waals surface area contributed by atoms with Crippen molar-refractivity contribution in [2.24, 2.45) is 0 Å². The predicted molar refractivity (Wildman–Crippen MR) is 86.3 cm³/mol. The Kier molecular flexibility index (Phi) is 5.31. The van der Waals surface area contributed by atoms with Gasteiger partial charge in [0, 0.05) is 6.54 Å². The summed E-state index contributed by atoms with van der Waals surface area (Å²) in [6.45, 7) is 7.07. The lowest BCUT2D eigenvalue weighted by molar-refractivity contribution is 0.478. The van der Waals surface area contributed by atoms with Gasteiger partial charge in [-0.1, -0.05) is 30.1 Å². The Hall–Kier alpha value is -1.46. The van der Waals surface area contributed by atoms with Crippen LogP contribution in [0.25, 0.3) is 0 Å². The first-order chi connectivity index (χ1) is 10.0. The smallest absolute Gasteiger partial charge is 0.213 e. The summed E-state index contributed by atoms with van der Waals surface area (Å²) in [5, 5.41) is 7.24. The molecule has 0 amide bonds. The van der Waals surface area contributed by atoms with Crippen LogP contribution in [0.3, 0.4) is 0 Å². The van der Waals surface area contributed by atoms with E-state index in [4.69, 9.17) is 27.6 Å². The molecule has 0 fully saturated rings. The average Bonchev–Trinajstić information content (AvgIpc) is 2.76. The topological polar surface area (TPSA) is 63.0 Å². The Balaban J connectivity index is 2.11. The van der Waals surface area contributed by atoms with Crippen molar-refractivity contribution in [2.75, 3.05) is 17.2 Å². The van der Waals surface area contributed by atoms with E-state index in [9.17, 15) is 0 Å². The number of hydrogen-bond acceptors (Lipinski definition) is 5. The number of pyridine rings is 1. The molecule has 0 saturated heterocycles. The first kappa shape index (κ1) is 15.9. The summed E-state index contributed by atoms with van der Waals surface area (Å²) < 4.78 is 5.51. The van der Waals surface area contributed by atoms with Crippen LogP contribution in [0.15, 0.2) is 10.5 Å². The Bertz CT molecular complexity index is 608. The summed E-state index contributed by atoms with van der Waals surface area (Å²) in [7, 11) is 0. The highest BCUT2D eigenvalue weighted by molar-refractivity contribution is 6.37. The van der Waals surface area contributed by atoms with Crippen molar-refractivity contribution in [3.05, 3.63) is 33.5 Å². The Morgan fingerprint density at radius 1 is 1.10 bits per heavy atom. The van der Waals surface area contributed by atoms with Gasteiger partial charge in [-0.15, -0.1) is 0 Å². The lowest BCUT2D eigenvalue weighted by Gasteiger charge is -2.11. The van der Waals surface area contributed by atoms with E-state index in [2.05, 4.69) is 27.5 Å². The zero-order chi connectivity index (χ0) is 15.4. The molecule has 0 atom stereocenters. The van der Waals surface area contributed by atoms with Gasteiger partial charge in [-0.05, 0) is 26.3 Å². The molecule has 2 heterocycles. The lowest BCUT2D eigenvalue weighted by Crippen LogP contribution is -2.07. The van der Waals surface area contributed by atoms with Gasteiger partial charge in [-0.2, -0.15) is 0 Å². The maximum absolute atomic E-state index is 6.15. The first-order valence-corrected chi connectivity index (χ1v) is 7.53. The lowest BCUT2D eigenvalue weighted by atomic mass is 10.4. The maximum atomic E-state index is 6.15. The van der Waals surface area contributed by atoms with E-state index in [1.54, 1.807) is 6.07 Å². The quantitative estimate of drug-likeness (QED) is 0.821. The van der Waals surface area contributed by atoms with Crippen molar-refractivity contribution in [2.45, 2.75) is 33.7 Å². The van der Waals surface area contributed by atoms with Crippen molar-refractivity contribution >= 4 is 34.8 Å². The van der Waals surface area contributed by atoms with Crippen LogP contribution in [0.5, 0.6) is 0 Å². The molecule has 7 heteroatoms. The monoisotopic (exact) mass is 328 g/mol.